The molecule has 7 aliphatic heterocycles. The van der Waals surface area contributed by atoms with Crippen molar-refractivity contribution in [2.45, 2.75) is 316 Å². The van der Waals surface area contributed by atoms with E-state index in [2.05, 4.69) is 54.5 Å². The fourth-order valence-electron chi connectivity index (χ4n) is 19.8. The molecule has 7 heterocycles. The molecule has 4 saturated carbocycles. The van der Waals surface area contributed by atoms with Crippen LogP contribution in [0.4, 0.5) is 0 Å². The van der Waals surface area contributed by atoms with Gasteiger partial charge in [-0.1, -0.05) is 60.1 Å². The Kier molecular flexibility index (Phi) is 23.1. The van der Waals surface area contributed by atoms with Gasteiger partial charge in [-0.2, -0.15) is 0 Å². The summed E-state index contributed by atoms with van der Waals surface area (Å²) in [5.74, 6) is -0.754. The highest BCUT2D eigenvalue weighted by Crippen LogP contribution is 2.76. The number of rotatable bonds is 16. The molecule has 12 aliphatic rings. The summed E-state index contributed by atoms with van der Waals surface area (Å²) in [5.41, 5.74) is -1.75. The van der Waals surface area contributed by atoms with Crippen LogP contribution in [0.25, 0.3) is 0 Å². The summed E-state index contributed by atoms with van der Waals surface area (Å²) in [7, 11) is 0. The highest BCUT2D eigenvalue weighted by atomic mass is 16.8. The van der Waals surface area contributed by atoms with Crippen LogP contribution >= 0.6 is 0 Å². The van der Waals surface area contributed by atoms with Gasteiger partial charge in [-0.05, 0) is 116 Å². The molecule has 11 fully saturated rings. The van der Waals surface area contributed by atoms with Gasteiger partial charge in [-0.3, -0.25) is 4.79 Å². The summed E-state index contributed by atoms with van der Waals surface area (Å²) < 4.78 is 84.7. The second-order valence-corrected chi connectivity index (χ2v) is 32.9. The molecule has 580 valence electrons. The lowest BCUT2D eigenvalue weighted by Gasteiger charge is -2.71. The van der Waals surface area contributed by atoms with Gasteiger partial charge in [0.2, 0.25) is 6.29 Å². The fourth-order valence-corrected chi connectivity index (χ4v) is 19.8. The van der Waals surface area contributed by atoms with Crippen LogP contribution in [0.15, 0.2) is 11.6 Å². The molecule has 0 aromatic heterocycles. The first-order valence-electron chi connectivity index (χ1n) is 35.9. The van der Waals surface area contributed by atoms with Gasteiger partial charge in [0.25, 0.3) is 0 Å². The van der Waals surface area contributed by atoms with E-state index in [1.807, 2.05) is 0 Å². The largest absolute Gasteiger partial charge is 0.432 e. The standard InChI is InChI=1S/C68H110O33/c1-26-50(96-57-48(85)51(32(74)25-90-57)97-55-45(82)38(75)29(71)22-88-55)52(98-56-46(83)39(76)30(72)23-89-56)49(86)59(92-26)99-53-40(77)31(73)24-91-60(53)101-62(87)68-17-15-63(2,3)19-28(68)27-9-10-36-65(6)13-12-37(64(4,5)35(65)11-14-67(36,8)66(27,7)16-18-68)95-61-54(44(81)42(79)34(21-70)94-61)100-58-47(84)43(80)41(78)33(20-69)93-58/h9,26,28-61,69-86H,10-25H2,1-8H3/t26-,28-,29-,30+,31-,32+,33+,34+,35-,36+,37-,38-,39-,40-,41+,42+,43-,44-,45+,46+,47+,48+,49+,50-,51-,52-,53+,54+,55-,56-,57-,58-,59-,60-,61-,65-,66+,67+,68-/m0/s1. The zero-order chi connectivity index (χ0) is 73.3. The number of carbonyl (C=O) groups is 1. The lowest BCUT2D eigenvalue weighted by molar-refractivity contribution is -0.392. The highest BCUT2D eigenvalue weighted by Gasteiger charge is 2.71. The maximum atomic E-state index is 15.7. The van der Waals surface area contributed by atoms with Crippen LogP contribution in [0.1, 0.15) is 120 Å². The number of fused-ring (bicyclic) bond motifs is 7. The van der Waals surface area contributed by atoms with E-state index in [4.69, 9.17) is 66.3 Å². The summed E-state index contributed by atoms with van der Waals surface area (Å²) in [6.07, 6.45) is -44.0. The molecular weight excluding hydrogens is 1340 g/mol. The number of hydrogen-bond donors (Lipinski definition) is 18. The van der Waals surface area contributed by atoms with E-state index in [1.54, 1.807) is 0 Å². The first-order chi connectivity index (χ1) is 47.5. The van der Waals surface area contributed by atoms with Crippen molar-refractivity contribution >= 4 is 5.97 Å². The molecule has 39 atom stereocenters. The van der Waals surface area contributed by atoms with Crippen molar-refractivity contribution in [3.05, 3.63) is 11.6 Å². The lowest BCUT2D eigenvalue weighted by atomic mass is 9.33. The summed E-state index contributed by atoms with van der Waals surface area (Å²) >= 11 is 0. The van der Waals surface area contributed by atoms with Crippen molar-refractivity contribution in [3.63, 3.8) is 0 Å². The molecule has 33 nitrogen and oxygen atoms in total. The van der Waals surface area contributed by atoms with Gasteiger partial charge in [0.1, 0.15) is 134 Å². The second-order valence-electron chi connectivity index (χ2n) is 32.9. The molecule has 0 radical (unpaired) electrons. The Bertz CT molecular complexity index is 2860. The molecule has 0 bridgehead atoms. The van der Waals surface area contributed by atoms with Gasteiger partial charge in [-0.25, -0.2) is 0 Å². The molecule has 101 heavy (non-hydrogen) atoms. The van der Waals surface area contributed by atoms with Crippen molar-refractivity contribution in [1.29, 1.82) is 0 Å². The number of hydrogen-bond acceptors (Lipinski definition) is 33. The Morgan fingerprint density at radius 2 is 0.931 bits per heavy atom. The molecule has 0 aromatic rings. The van der Waals surface area contributed by atoms with Gasteiger partial charge in [-0.15, -0.1) is 0 Å². The second kappa shape index (κ2) is 29.8. The third-order valence-corrected chi connectivity index (χ3v) is 26.1. The number of aliphatic hydroxyl groups is 18. The molecule has 12 rings (SSSR count). The van der Waals surface area contributed by atoms with Gasteiger partial charge >= 0.3 is 5.97 Å². The van der Waals surface area contributed by atoms with Crippen LogP contribution < -0.4 is 0 Å². The molecule has 0 aromatic carbocycles. The SMILES string of the molecule is C[C@@H]1O[C@@H](O[C@H]2[C@H](OC(=O)[C@]34CCC(C)(C)C[C@H]3C3=CC[C@@H]5[C@@]6(C)CC[C@H](O[C@@H]7O[C@H](CO)[C@@H](O)[C@H](O)[C@H]7O[C@@H]7O[C@H](CO)[C@@H](O)[C@H](O)[C@H]7O)C(C)(C)[C@@H]6CC[C@@]5(C)[C@]3(C)CC4)OC[C@H](O)[C@@H]2O)[C@H](O)[C@H](O[C@@H]2OC[C@@H](O)[C@H](O)[C@H]2O)[C@H]1O[C@@H]1OC[C@@H](O)[C@H](O[C@@H]2OC[C@H](O)[C@H](O)[C@H]2O)[C@H]1O. The summed E-state index contributed by atoms with van der Waals surface area (Å²) in [6.45, 7) is 13.7. The normalized spacial score (nSPS) is 54.4. The van der Waals surface area contributed by atoms with Crippen LogP contribution in [0.5, 0.6) is 0 Å². The van der Waals surface area contributed by atoms with Crippen LogP contribution in [-0.4, -0.2) is 334 Å². The third kappa shape index (κ3) is 13.9. The van der Waals surface area contributed by atoms with Gasteiger partial charge in [0, 0.05) is 0 Å². The van der Waals surface area contributed by atoms with E-state index < -0.39 is 258 Å². The Labute approximate surface area is 584 Å². The number of esters is 1. The summed E-state index contributed by atoms with van der Waals surface area (Å²) in [5, 5.41) is 196. The number of ether oxygens (including phenoxy) is 14. The van der Waals surface area contributed by atoms with Crippen molar-refractivity contribution in [2.75, 3.05) is 39.6 Å². The van der Waals surface area contributed by atoms with Crippen LogP contribution in [0.2, 0.25) is 0 Å². The summed E-state index contributed by atoms with van der Waals surface area (Å²) in [4.78, 5) is 15.7. The van der Waals surface area contributed by atoms with Crippen molar-refractivity contribution in [3.8, 4) is 0 Å². The number of allylic oxidation sites excluding steroid dienone is 2. The van der Waals surface area contributed by atoms with Gasteiger partial charge in [0.05, 0.1) is 57.3 Å². The molecule has 5 aliphatic carbocycles. The molecular formula is C68H110O33. The van der Waals surface area contributed by atoms with Crippen LogP contribution in [0.3, 0.4) is 0 Å². The zero-order valence-corrected chi connectivity index (χ0v) is 58.3. The Hall–Kier alpha value is -2.03. The summed E-state index contributed by atoms with van der Waals surface area (Å²) in [6, 6.07) is 0. The van der Waals surface area contributed by atoms with E-state index in [9.17, 15) is 91.9 Å². The van der Waals surface area contributed by atoms with E-state index in [-0.39, 0.29) is 34.0 Å². The van der Waals surface area contributed by atoms with Gasteiger partial charge in [0.15, 0.2) is 43.8 Å². The topological polar surface area (TPSA) is 510 Å². The minimum absolute atomic E-state index is 0.0536. The minimum atomic E-state index is -2.04. The molecule has 0 spiro atoms. The van der Waals surface area contributed by atoms with E-state index in [0.717, 1.165) is 12.8 Å². The smallest absolute Gasteiger partial charge is 0.315 e. The number of carbonyl (C=O) groups excluding carboxylic acids is 1. The average molecular weight is 1460 g/mol. The average Bonchev–Trinajstić information content (AvgIpc) is 0.674. The van der Waals surface area contributed by atoms with Crippen LogP contribution in [-0.2, 0) is 71.1 Å². The lowest BCUT2D eigenvalue weighted by Crippen LogP contribution is -2.67. The Balaban J connectivity index is 0.765. The van der Waals surface area contributed by atoms with Crippen molar-refractivity contribution in [2.24, 2.45) is 50.2 Å². The zero-order valence-electron chi connectivity index (χ0n) is 58.3. The molecule has 33 heteroatoms. The predicted octanol–water partition coefficient (Wildman–Crippen LogP) is -4.98. The van der Waals surface area contributed by atoms with Gasteiger partial charge < -0.3 is 158 Å². The van der Waals surface area contributed by atoms with E-state index in [0.29, 0.717) is 51.4 Å². The first kappa shape index (κ1) is 78.5. The maximum Gasteiger partial charge on any atom is 0.315 e. The molecule has 18 N–H and O–H groups in total. The number of aliphatic hydroxyl groups excluding tert-OH is 18. The van der Waals surface area contributed by atoms with E-state index in [1.165, 1.54) is 12.5 Å². The highest BCUT2D eigenvalue weighted by molar-refractivity contribution is 5.79. The fraction of sp³-hybridized carbons (Fsp3) is 0.956. The Morgan fingerprint density at radius 3 is 1.54 bits per heavy atom. The maximum absolute atomic E-state index is 15.7. The Morgan fingerprint density at radius 1 is 0.446 bits per heavy atom. The van der Waals surface area contributed by atoms with E-state index >= 15 is 4.79 Å². The van der Waals surface area contributed by atoms with Crippen LogP contribution in [0, 0.1) is 50.2 Å². The first-order valence-corrected chi connectivity index (χ1v) is 35.9. The molecule has 7 saturated heterocycles. The van der Waals surface area contributed by atoms with Crippen molar-refractivity contribution in [1.82, 2.24) is 0 Å². The van der Waals surface area contributed by atoms with Crippen molar-refractivity contribution < 1.29 is 163 Å². The molecule has 0 amide bonds. The predicted molar refractivity (Wildman–Crippen MR) is 335 cm³/mol. The molecule has 0 unspecified atom stereocenters. The third-order valence-electron chi connectivity index (χ3n) is 26.1. The quantitative estimate of drug-likeness (QED) is 0.0391. The minimum Gasteiger partial charge on any atom is -0.432 e. The monoisotopic (exact) mass is 1450 g/mol.